The Labute approximate surface area is 226 Å². The van der Waals surface area contributed by atoms with Crippen molar-refractivity contribution in [2.24, 2.45) is 0 Å². The molecule has 0 atom stereocenters. The number of hydrogen-bond acceptors (Lipinski definition) is 4. The lowest BCUT2D eigenvalue weighted by Crippen LogP contribution is -2.41. The highest BCUT2D eigenvalue weighted by Crippen LogP contribution is 2.40. The highest BCUT2D eigenvalue weighted by molar-refractivity contribution is 5.78. The molecule has 4 aromatic carbocycles. The summed E-state index contributed by atoms with van der Waals surface area (Å²) in [6.07, 6.45) is 4.26. The Hall–Kier alpha value is -3.86. The van der Waals surface area contributed by atoms with Crippen LogP contribution in [0.4, 0.5) is 22.7 Å². The molecule has 4 heteroatoms. The zero-order valence-corrected chi connectivity index (χ0v) is 23.1. The molecule has 0 bridgehead atoms. The second kappa shape index (κ2) is 10.1. The van der Waals surface area contributed by atoms with Crippen molar-refractivity contribution in [2.75, 3.05) is 10.1 Å². The second-order valence-electron chi connectivity index (χ2n) is 11.0. The van der Waals surface area contributed by atoms with Crippen molar-refractivity contribution in [3.8, 4) is 0 Å². The fourth-order valence-corrected chi connectivity index (χ4v) is 4.23. The van der Waals surface area contributed by atoms with Crippen LogP contribution in [0.1, 0.15) is 49.9 Å². The third-order valence-electron chi connectivity index (χ3n) is 7.38. The summed E-state index contributed by atoms with van der Waals surface area (Å²) in [6, 6.07) is 34.2. The van der Waals surface area contributed by atoms with E-state index in [0.29, 0.717) is 0 Å². The van der Waals surface area contributed by atoms with E-state index in [0.717, 1.165) is 33.9 Å². The fraction of sp³-hybridized carbons (Fsp3) is 0.235. The summed E-state index contributed by atoms with van der Waals surface area (Å²) in [5.41, 5.74) is 8.20. The molecular formula is C34H36N2O2. The molecule has 1 aliphatic heterocycles. The average Bonchev–Trinajstić information content (AvgIpc) is 3.12. The first-order valence-electron chi connectivity index (χ1n) is 13.1. The highest BCUT2D eigenvalue weighted by Gasteiger charge is 2.50. The van der Waals surface area contributed by atoms with E-state index in [1.54, 1.807) is 0 Å². The Morgan fingerprint density at radius 1 is 0.526 bits per heavy atom. The van der Waals surface area contributed by atoms with Crippen LogP contribution in [0.3, 0.4) is 0 Å². The summed E-state index contributed by atoms with van der Waals surface area (Å²) in [4.78, 5) is 14.3. The van der Waals surface area contributed by atoms with Crippen LogP contribution in [0.2, 0.25) is 0 Å². The zero-order chi connectivity index (χ0) is 26.9. The van der Waals surface area contributed by atoms with Gasteiger partial charge in [0, 0.05) is 17.1 Å². The van der Waals surface area contributed by atoms with Gasteiger partial charge in [-0.3, -0.25) is 0 Å². The van der Waals surface area contributed by atoms with Gasteiger partial charge in [-0.1, -0.05) is 71.8 Å². The van der Waals surface area contributed by atoms with Gasteiger partial charge in [0.2, 0.25) is 0 Å². The maximum absolute atomic E-state index is 6.01. The van der Waals surface area contributed by atoms with Crippen LogP contribution in [0.5, 0.6) is 0 Å². The van der Waals surface area contributed by atoms with Crippen molar-refractivity contribution in [2.45, 2.75) is 52.7 Å². The number of anilines is 4. The number of benzene rings is 4. The van der Waals surface area contributed by atoms with Crippen molar-refractivity contribution in [1.29, 1.82) is 0 Å². The largest absolute Gasteiger partial charge is 0.311 e. The molecule has 0 spiro atoms. The lowest BCUT2D eigenvalue weighted by molar-refractivity contribution is -0.0273. The number of aryl methyl sites for hydroxylation is 2. The summed E-state index contributed by atoms with van der Waals surface area (Å²) in [6.45, 7) is 12.4. The summed E-state index contributed by atoms with van der Waals surface area (Å²) in [7, 11) is 0. The molecule has 0 radical (unpaired) electrons. The van der Waals surface area contributed by atoms with E-state index in [2.05, 4.69) is 116 Å². The van der Waals surface area contributed by atoms with Crippen molar-refractivity contribution in [1.82, 2.24) is 0 Å². The van der Waals surface area contributed by atoms with Gasteiger partial charge in [0.1, 0.15) is 11.2 Å². The lowest BCUT2D eigenvalue weighted by Gasteiger charge is -2.26. The second-order valence-corrected chi connectivity index (χ2v) is 11.0. The molecule has 0 aromatic heterocycles. The van der Waals surface area contributed by atoms with Gasteiger partial charge in [-0.15, -0.1) is 5.23 Å². The molecule has 0 unspecified atom stereocenters. The fourth-order valence-electron chi connectivity index (χ4n) is 4.23. The molecule has 38 heavy (non-hydrogen) atoms. The van der Waals surface area contributed by atoms with Crippen molar-refractivity contribution in [3.05, 3.63) is 119 Å². The van der Waals surface area contributed by atoms with Crippen molar-refractivity contribution in [3.63, 3.8) is 0 Å². The minimum absolute atomic E-state index is 0.410. The third-order valence-corrected chi connectivity index (χ3v) is 7.38. The molecule has 0 aliphatic carbocycles. The van der Waals surface area contributed by atoms with E-state index in [4.69, 9.17) is 9.68 Å². The van der Waals surface area contributed by atoms with Gasteiger partial charge < -0.3 is 4.90 Å². The Bertz CT molecular complexity index is 1340. The minimum Gasteiger partial charge on any atom is -0.311 e. The van der Waals surface area contributed by atoms with E-state index >= 15 is 0 Å². The molecular weight excluding hydrogens is 468 g/mol. The van der Waals surface area contributed by atoms with Crippen LogP contribution < -0.4 is 10.1 Å². The van der Waals surface area contributed by atoms with E-state index < -0.39 is 11.2 Å². The predicted octanol–water partition coefficient (Wildman–Crippen LogP) is 9.18. The van der Waals surface area contributed by atoms with E-state index in [9.17, 15) is 0 Å². The smallest absolute Gasteiger partial charge is 0.124 e. The maximum atomic E-state index is 6.01. The Kier molecular flexibility index (Phi) is 6.87. The lowest BCUT2D eigenvalue weighted by atomic mass is 9.90. The highest BCUT2D eigenvalue weighted by atomic mass is 17.0. The van der Waals surface area contributed by atoms with Crippen LogP contribution >= 0.6 is 0 Å². The van der Waals surface area contributed by atoms with E-state index in [1.165, 1.54) is 16.4 Å². The average molecular weight is 505 g/mol. The van der Waals surface area contributed by atoms with Crippen LogP contribution in [0.15, 0.2) is 97.1 Å². The SMILES string of the molecule is Cc1ccc(N(c2ccc(C)cc2)c2ccc(C=Cc3ccc(N4OC(C)(C)C(C)(C)O4)cc3)cc2)cc1. The van der Waals surface area contributed by atoms with Gasteiger partial charge in [0.15, 0.2) is 0 Å². The third kappa shape index (κ3) is 5.38. The van der Waals surface area contributed by atoms with Crippen LogP contribution in [-0.4, -0.2) is 11.2 Å². The van der Waals surface area contributed by atoms with Gasteiger partial charge in [0.25, 0.3) is 0 Å². The molecule has 1 saturated heterocycles. The molecule has 1 heterocycles. The number of nitrogens with zero attached hydrogens (tertiary/aromatic N) is 2. The quantitative estimate of drug-likeness (QED) is 0.244. The van der Waals surface area contributed by atoms with Crippen LogP contribution in [-0.2, 0) is 9.68 Å². The Balaban J connectivity index is 1.33. The van der Waals surface area contributed by atoms with Crippen LogP contribution in [0.25, 0.3) is 12.2 Å². The summed E-state index contributed by atoms with van der Waals surface area (Å²) >= 11 is 0. The first-order valence-corrected chi connectivity index (χ1v) is 13.1. The standard InChI is InChI=1S/C34H36N2O2/c1-25-7-17-29(18-8-25)35(30-19-9-26(2)10-20-30)31-21-13-27(14-22-31)11-12-28-15-23-32(24-16-28)36-37-33(3,4)34(5,6)38-36/h7-24H,1-6H3. The van der Waals surface area contributed by atoms with E-state index in [1.807, 2.05) is 39.8 Å². The van der Waals surface area contributed by atoms with Gasteiger partial charge in [0.05, 0.1) is 5.69 Å². The number of hydrogen-bond donors (Lipinski definition) is 0. The molecule has 194 valence electrons. The first-order chi connectivity index (χ1) is 18.1. The molecule has 0 amide bonds. The molecule has 0 saturated carbocycles. The molecule has 0 N–H and O–H groups in total. The number of rotatable bonds is 6. The van der Waals surface area contributed by atoms with Crippen molar-refractivity contribution < 1.29 is 9.68 Å². The normalized spacial score (nSPS) is 16.2. The van der Waals surface area contributed by atoms with Gasteiger partial charge in [-0.05, 0) is 101 Å². The van der Waals surface area contributed by atoms with Gasteiger partial charge in [-0.25, -0.2) is 9.68 Å². The first kappa shape index (κ1) is 25.8. The summed E-state index contributed by atoms with van der Waals surface area (Å²) in [5.74, 6) is 0. The maximum Gasteiger partial charge on any atom is 0.124 e. The minimum atomic E-state index is -0.410. The monoisotopic (exact) mass is 504 g/mol. The zero-order valence-electron chi connectivity index (χ0n) is 23.1. The van der Waals surface area contributed by atoms with Gasteiger partial charge >= 0.3 is 0 Å². The predicted molar refractivity (Wildman–Crippen MR) is 159 cm³/mol. The molecule has 5 rings (SSSR count). The molecule has 1 aliphatic rings. The molecule has 4 aromatic rings. The van der Waals surface area contributed by atoms with Crippen LogP contribution in [0, 0.1) is 13.8 Å². The summed E-state index contributed by atoms with van der Waals surface area (Å²) < 4.78 is 0. The topological polar surface area (TPSA) is 24.9 Å². The van der Waals surface area contributed by atoms with Gasteiger partial charge in [-0.2, -0.15) is 0 Å². The molecule has 1 fully saturated rings. The summed E-state index contributed by atoms with van der Waals surface area (Å²) in [5, 5.41) is 1.53. The molecule has 4 nitrogen and oxygen atoms in total. The van der Waals surface area contributed by atoms with Crippen molar-refractivity contribution >= 4 is 34.9 Å². The Morgan fingerprint density at radius 2 is 0.868 bits per heavy atom. The van der Waals surface area contributed by atoms with E-state index in [-0.39, 0.29) is 0 Å². The Morgan fingerprint density at radius 3 is 1.26 bits per heavy atom.